The van der Waals surface area contributed by atoms with E-state index in [0.29, 0.717) is 19.6 Å². The minimum absolute atomic E-state index is 0.242. The maximum Gasteiger partial charge on any atom is 0.315 e. The van der Waals surface area contributed by atoms with Crippen molar-refractivity contribution in [2.45, 2.75) is 51.5 Å². The van der Waals surface area contributed by atoms with Crippen LogP contribution in [0, 0.1) is 5.92 Å². The summed E-state index contributed by atoms with van der Waals surface area (Å²) in [5, 5.41) is 14.5. The molecule has 0 bridgehead atoms. The third-order valence-corrected chi connectivity index (χ3v) is 3.54. The van der Waals surface area contributed by atoms with Crippen molar-refractivity contribution in [1.29, 1.82) is 0 Å². The minimum atomic E-state index is -0.822. The lowest BCUT2D eigenvalue weighted by molar-refractivity contribution is -0.142. The van der Waals surface area contributed by atoms with Crippen molar-refractivity contribution in [3.63, 3.8) is 0 Å². The number of carbonyl (C=O) groups excluding carboxylic acids is 1. The Balaban J connectivity index is 2.07. The van der Waals surface area contributed by atoms with Crippen LogP contribution in [0.3, 0.4) is 0 Å². The zero-order valence-corrected chi connectivity index (χ0v) is 12.2. The number of amides is 2. The van der Waals surface area contributed by atoms with Crippen molar-refractivity contribution >= 4 is 12.0 Å². The SMILES string of the molecule is CCCCOCCCNC(=O)NC1CCCC1C(=O)O. The van der Waals surface area contributed by atoms with Gasteiger partial charge in [-0.2, -0.15) is 0 Å². The summed E-state index contributed by atoms with van der Waals surface area (Å²) in [6.07, 6.45) is 5.19. The van der Waals surface area contributed by atoms with Crippen LogP contribution in [0.15, 0.2) is 0 Å². The highest BCUT2D eigenvalue weighted by Gasteiger charge is 2.33. The maximum atomic E-state index is 11.6. The zero-order valence-electron chi connectivity index (χ0n) is 12.2. The van der Waals surface area contributed by atoms with Gasteiger partial charge in [-0.05, 0) is 25.7 Å². The van der Waals surface area contributed by atoms with Crippen molar-refractivity contribution in [3.8, 4) is 0 Å². The molecule has 0 spiro atoms. The molecule has 2 unspecified atom stereocenters. The van der Waals surface area contributed by atoms with Gasteiger partial charge in [-0.15, -0.1) is 0 Å². The van der Waals surface area contributed by atoms with Crippen molar-refractivity contribution < 1.29 is 19.4 Å². The molecule has 1 aliphatic rings. The summed E-state index contributed by atoms with van der Waals surface area (Å²) < 4.78 is 5.39. The lowest BCUT2D eigenvalue weighted by Crippen LogP contribution is -2.45. The quantitative estimate of drug-likeness (QED) is 0.563. The Labute approximate surface area is 120 Å². The second-order valence-corrected chi connectivity index (χ2v) is 5.20. The fraction of sp³-hybridized carbons (Fsp3) is 0.857. The molecule has 6 nitrogen and oxygen atoms in total. The Morgan fingerprint density at radius 1 is 1.25 bits per heavy atom. The van der Waals surface area contributed by atoms with Crippen molar-refractivity contribution in [1.82, 2.24) is 10.6 Å². The Kier molecular flexibility index (Phi) is 8.02. The smallest absolute Gasteiger partial charge is 0.315 e. The number of rotatable bonds is 9. The van der Waals surface area contributed by atoms with Crippen LogP contribution in [-0.2, 0) is 9.53 Å². The molecule has 1 rings (SSSR count). The Bertz CT molecular complexity index is 310. The van der Waals surface area contributed by atoms with Crippen LogP contribution in [0.1, 0.15) is 45.4 Å². The average Bonchev–Trinajstić information content (AvgIpc) is 2.86. The molecule has 0 aromatic heterocycles. The highest BCUT2D eigenvalue weighted by atomic mass is 16.5. The predicted molar refractivity (Wildman–Crippen MR) is 75.6 cm³/mol. The molecule has 20 heavy (non-hydrogen) atoms. The first-order valence-electron chi connectivity index (χ1n) is 7.50. The van der Waals surface area contributed by atoms with Crippen molar-refractivity contribution in [3.05, 3.63) is 0 Å². The summed E-state index contributed by atoms with van der Waals surface area (Å²) >= 11 is 0. The number of unbranched alkanes of at least 4 members (excludes halogenated alkanes) is 1. The Morgan fingerprint density at radius 2 is 2.00 bits per heavy atom. The van der Waals surface area contributed by atoms with E-state index < -0.39 is 11.9 Å². The first kappa shape index (κ1) is 16.8. The van der Waals surface area contributed by atoms with Gasteiger partial charge in [0.15, 0.2) is 0 Å². The number of hydrogen-bond donors (Lipinski definition) is 3. The van der Waals surface area contributed by atoms with Gasteiger partial charge >= 0.3 is 12.0 Å². The molecule has 6 heteroatoms. The van der Waals surface area contributed by atoms with Gasteiger partial charge in [0.1, 0.15) is 0 Å². The van der Waals surface area contributed by atoms with Crippen LogP contribution >= 0.6 is 0 Å². The number of ether oxygens (including phenoxy) is 1. The zero-order chi connectivity index (χ0) is 14.8. The molecule has 116 valence electrons. The first-order chi connectivity index (χ1) is 9.65. The monoisotopic (exact) mass is 286 g/mol. The number of nitrogens with one attached hydrogen (secondary N) is 2. The number of urea groups is 1. The standard InChI is InChI=1S/C14H26N2O4/c1-2-3-9-20-10-5-8-15-14(19)16-12-7-4-6-11(12)13(17)18/h11-12H,2-10H2,1H3,(H,17,18)(H2,15,16,19). The average molecular weight is 286 g/mol. The Hall–Kier alpha value is -1.30. The van der Waals surface area contributed by atoms with Gasteiger partial charge < -0.3 is 20.5 Å². The lowest BCUT2D eigenvalue weighted by atomic mass is 10.0. The summed E-state index contributed by atoms with van der Waals surface area (Å²) in [7, 11) is 0. The molecule has 0 aromatic carbocycles. The molecule has 0 aliphatic heterocycles. The maximum absolute atomic E-state index is 11.6. The van der Waals surface area contributed by atoms with E-state index in [0.717, 1.165) is 38.7 Å². The summed E-state index contributed by atoms with van der Waals surface area (Å²) in [6.45, 7) is 4.07. The first-order valence-corrected chi connectivity index (χ1v) is 7.50. The normalized spacial score (nSPS) is 21.6. The number of carboxylic acids is 1. The molecule has 0 heterocycles. The van der Waals surface area contributed by atoms with E-state index in [4.69, 9.17) is 9.84 Å². The topological polar surface area (TPSA) is 87.7 Å². The van der Waals surface area contributed by atoms with E-state index in [-0.39, 0.29) is 12.1 Å². The summed E-state index contributed by atoms with van der Waals surface area (Å²) in [5.41, 5.74) is 0. The van der Waals surface area contributed by atoms with Gasteiger partial charge in [-0.1, -0.05) is 19.8 Å². The van der Waals surface area contributed by atoms with Crippen molar-refractivity contribution in [2.24, 2.45) is 5.92 Å². The fourth-order valence-electron chi connectivity index (χ4n) is 2.37. The molecular formula is C14H26N2O4. The van der Waals surface area contributed by atoms with Crippen LogP contribution in [-0.4, -0.2) is 42.9 Å². The number of hydrogen-bond acceptors (Lipinski definition) is 3. The van der Waals surface area contributed by atoms with Gasteiger partial charge in [0.25, 0.3) is 0 Å². The van der Waals surface area contributed by atoms with Gasteiger partial charge in [-0.3, -0.25) is 4.79 Å². The minimum Gasteiger partial charge on any atom is -0.481 e. The predicted octanol–water partition coefficient (Wildman–Crippen LogP) is 1.75. The number of carboxylic acid groups (broad SMARTS) is 1. The highest BCUT2D eigenvalue weighted by Crippen LogP contribution is 2.25. The van der Waals surface area contributed by atoms with E-state index in [9.17, 15) is 9.59 Å². The van der Waals surface area contributed by atoms with E-state index in [1.54, 1.807) is 0 Å². The second-order valence-electron chi connectivity index (χ2n) is 5.20. The summed E-state index contributed by atoms with van der Waals surface area (Å²) in [6, 6.07) is -0.523. The van der Waals surface area contributed by atoms with Crippen LogP contribution < -0.4 is 10.6 Å². The fourth-order valence-corrected chi connectivity index (χ4v) is 2.37. The molecule has 0 saturated heterocycles. The molecular weight excluding hydrogens is 260 g/mol. The van der Waals surface area contributed by atoms with Gasteiger partial charge in [0, 0.05) is 25.8 Å². The summed E-state index contributed by atoms with van der Waals surface area (Å²) in [5.74, 6) is -1.27. The van der Waals surface area contributed by atoms with E-state index in [2.05, 4.69) is 17.6 Å². The van der Waals surface area contributed by atoms with Crippen LogP contribution in [0.5, 0.6) is 0 Å². The Morgan fingerprint density at radius 3 is 2.70 bits per heavy atom. The second kappa shape index (κ2) is 9.58. The van der Waals surface area contributed by atoms with Gasteiger partial charge in [0.05, 0.1) is 5.92 Å². The summed E-state index contributed by atoms with van der Waals surface area (Å²) in [4.78, 5) is 22.6. The largest absolute Gasteiger partial charge is 0.481 e. The third-order valence-electron chi connectivity index (χ3n) is 3.54. The lowest BCUT2D eigenvalue weighted by Gasteiger charge is -2.17. The molecule has 1 fully saturated rings. The number of aliphatic carboxylic acids is 1. The van der Waals surface area contributed by atoms with Crippen LogP contribution in [0.2, 0.25) is 0 Å². The molecule has 1 saturated carbocycles. The third kappa shape index (κ3) is 6.23. The highest BCUT2D eigenvalue weighted by molar-refractivity contribution is 5.76. The molecule has 1 aliphatic carbocycles. The van der Waals surface area contributed by atoms with Gasteiger partial charge in [0.2, 0.25) is 0 Å². The van der Waals surface area contributed by atoms with E-state index >= 15 is 0 Å². The molecule has 0 aromatic rings. The van der Waals surface area contributed by atoms with Crippen molar-refractivity contribution in [2.75, 3.05) is 19.8 Å². The molecule has 0 radical (unpaired) electrons. The molecule has 2 atom stereocenters. The van der Waals surface area contributed by atoms with E-state index in [1.165, 1.54) is 0 Å². The van der Waals surface area contributed by atoms with Gasteiger partial charge in [-0.25, -0.2) is 4.79 Å². The number of carbonyl (C=O) groups is 2. The molecule has 3 N–H and O–H groups in total. The van der Waals surface area contributed by atoms with Crippen LogP contribution in [0.4, 0.5) is 4.79 Å². The van der Waals surface area contributed by atoms with E-state index in [1.807, 2.05) is 0 Å². The van der Waals surface area contributed by atoms with Crippen LogP contribution in [0.25, 0.3) is 0 Å². The molecule has 2 amide bonds.